The summed E-state index contributed by atoms with van der Waals surface area (Å²) in [5.74, 6) is 0. The third-order valence-electron chi connectivity index (χ3n) is 3.85. The Labute approximate surface area is 129 Å². The number of fused-ring (bicyclic) bond motifs is 3. The molecule has 0 N–H and O–H groups in total. The summed E-state index contributed by atoms with van der Waals surface area (Å²) in [6, 6.07) is 27.2. The minimum absolute atomic E-state index is 0.979. The Balaban J connectivity index is 1.83. The van der Waals surface area contributed by atoms with Gasteiger partial charge in [-0.2, -0.15) is 0 Å². The van der Waals surface area contributed by atoms with E-state index in [4.69, 9.17) is 4.98 Å². The summed E-state index contributed by atoms with van der Waals surface area (Å²) < 4.78 is 0. The lowest BCUT2D eigenvalue weighted by Crippen LogP contribution is -1.85. The largest absolute Gasteiger partial charge is 0.248 e. The van der Waals surface area contributed by atoms with Gasteiger partial charge >= 0.3 is 0 Å². The number of hydrogen-bond acceptors (Lipinski definition) is 1. The zero-order valence-corrected chi connectivity index (χ0v) is 12.1. The first kappa shape index (κ1) is 12.8. The molecule has 0 atom stereocenters. The van der Waals surface area contributed by atoms with Gasteiger partial charge in [0.2, 0.25) is 0 Å². The molecule has 104 valence electrons. The number of hydrogen-bond donors (Lipinski definition) is 0. The minimum atomic E-state index is 0.979. The van der Waals surface area contributed by atoms with Crippen molar-refractivity contribution in [1.82, 2.24) is 4.98 Å². The van der Waals surface area contributed by atoms with Gasteiger partial charge in [0.15, 0.2) is 0 Å². The summed E-state index contributed by atoms with van der Waals surface area (Å²) in [5, 5.41) is 3.61. The van der Waals surface area contributed by atoms with Crippen molar-refractivity contribution in [3.05, 3.63) is 90.1 Å². The standard InChI is InChI=1S/C21H15N/c1-2-6-16(7-3-1)10-14-19-15-13-18-12-11-17-8-4-5-9-20(17)21(18)22-19/h1-15H. The summed E-state index contributed by atoms with van der Waals surface area (Å²) in [5.41, 5.74) is 3.23. The Bertz CT molecular complexity index is 969. The summed E-state index contributed by atoms with van der Waals surface area (Å²) >= 11 is 0. The molecule has 0 radical (unpaired) electrons. The average molecular weight is 281 g/mol. The lowest BCUT2D eigenvalue weighted by molar-refractivity contribution is 1.38. The van der Waals surface area contributed by atoms with E-state index in [0.29, 0.717) is 0 Å². The van der Waals surface area contributed by atoms with Crippen LogP contribution in [0.5, 0.6) is 0 Å². The Kier molecular flexibility index (Phi) is 3.17. The monoisotopic (exact) mass is 281 g/mol. The van der Waals surface area contributed by atoms with E-state index in [1.807, 2.05) is 18.2 Å². The Hall–Kier alpha value is -2.93. The fourth-order valence-corrected chi connectivity index (χ4v) is 2.71. The number of rotatable bonds is 2. The van der Waals surface area contributed by atoms with Crippen molar-refractivity contribution in [1.29, 1.82) is 0 Å². The second-order valence-corrected chi connectivity index (χ2v) is 5.34. The Morgan fingerprint density at radius 1 is 0.591 bits per heavy atom. The molecule has 0 aliphatic heterocycles. The molecule has 0 fully saturated rings. The van der Waals surface area contributed by atoms with E-state index in [1.54, 1.807) is 0 Å². The van der Waals surface area contributed by atoms with Gasteiger partial charge in [-0.05, 0) is 23.1 Å². The quantitative estimate of drug-likeness (QED) is 0.438. The van der Waals surface area contributed by atoms with Crippen molar-refractivity contribution in [2.24, 2.45) is 0 Å². The molecule has 0 aliphatic carbocycles. The lowest BCUT2D eigenvalue weighted by atomic mass is 10.1. The zero-order valence-electron chi connectivity index (χ0n) is 12.1. The van der Waals surface area contributed by atoms with E-state index in [2.05, 4.69) is 72.8 Å². The van der Waals surface area contributed by atoms with Crippen LogP contribution in [0.4, 0.5) is 0 Å². The number of benzene rings is 3. The van der Waals surface area contributed by atoms with Crippen molar-refractivity contribution >= 4 is 33.8 Å². The van der Waals surface area contributed by atoms with Crippen LogP contribution >= 0.6 is 0 Å². The molecule has 0 saturated heterocycles. The Morgan fingerprint density at radius 3 is 2.23 bits per heavy atom. The third kappa shape index (κ3) is 2.38. The van der Waals surface area contributed by atoms with Gasteiger partial charge in [-0.1, -0.05) is 78.9 Å². The number of nitrogens with zero attached hydrogens (tertiary/aromatic N) is 1. The number of aromatic nitrogens is 1. The maximum Gasteiger partial charge on any atom is 0.0787 e. The highest BCUT2D eigenvalue weighted by atomic mass is 14.7. The predicted octanol–water partition coefficient (Wildman–Crippen LogP) is 5.56. The van der Waals surface area contributed by atoms with Crippen molar-refractivity contribution in [3.63, 3.8) is 0 Å². The molecular weight excluding hydrogens is 266 g/mol. The van der Waals surface area contributed by atoms with E-state index in [0.717, 1.165) is 11.2 Å². The van der Waals surface area contributed by atoms with Crippen LogP contribution < -0.4 is 0 Å². The van der Waals surface area contributed by atoms with Gasteiger partial charge in [-0.15, -0.1) is 0 Å². The first-order valence-corrected chi connectivity index (χ1v) is 7.42. The van der Waals surface area contributed by atoms with Crippen LogP contribution in [0.1, 0.15) is 11.3 Å². The maximum atomic E-state index is 4.83. The zero-order chi connectivity index (χ0) is 14.8. The summed E-state index contributed by atoms with van der Waals surface area (Å²) in [4.78, 5) is 4.83. The van der Waals surface area contributed by atoms with E-state index in [1.165, 1.54) is 21.7 Å². The molecule has 0 saturated carbocycles. The summed E-state index contributed by atoms with van der Waals surface area (Å²) in [7, 11) is 0. The van der Waals surface area contributed by atoms with E-state index in [-0.39, 0.29) is 0 Å². The van der Waals surface area contributed by atoms with Crippen molar-refractivity contribution in [2.75, 3.05) is 0 Å². The highest BCUT2D eigenvalue weighted by Gasteiger charge is 2.01. The van der Waals surface area contributed by atoms with Gasteiger partial charge in [-0.25, -0.2) is 4.98 Å². The van der Waals surface area contributed by atoms with Gasteiger partial charge in [0.05, 0.1) is 11.2 Å². The van der Waals surface area contributed by atoms with E-state index < -0.39 is 0 Å². The molecule has 0 unspecified atom stereocenters. The van der Waals surface area contributed by atoms with Crippen molar-refractivity contribution in [3.8, 4) is 0 Å². The molecular formula is C21H15N. The van der Waals surface area contributed by atoms with Gasteiger partial charge in [-0.3, -0.25) is 0 Å². The molecule has 1 aromatic heterocycles. The Morgan fingerprint density at radius 2 is 1.32 bits per heavy atom. The SMILES string of the molecule is C(=Cc1ccc2ccc3ccccc3c2n1)c1ccccc1. The summed E-state index contributed by atoms with van der Waals surface area (Å²) in [6.45, 7) is 0. The molecule has 22 heavy (non-hydrogen) atoms. The molecule has 0 aliphatic rings. The normalized spacial score (nSPS) is 11.5. The van der Waals surface area contributed by atoms with Crippen LogP contribution in [0, 0.1) is 0 Å². The van der Waals surface area contributed by atoms with E-state index >= 15 is 0 Å². The fraction of sp³-hybridized carbons (Fsp3) is 0. The van der Waals surface area contributed by atoms with Crippen LogP contribution in [0.3, 0.4) is 0 Å². The molecule has 4 rings (SSSR count). The van der Waals surface area contributed by atoms with Crippen LogP contribution in [0.25, 0.3) is 33.8 Å². The second-order valence-electron chi connectivity index (χ2n) is 5.34. The highest BCUT2D eigenvalue weighted by Crippen LogP contribution is 2.24. The topological polar surface area (TPSA) is 12.9 Å². The van der Waals surface area contributed by atoms with Crippen molar-refractivity contribution in [2.45, 2.75) is 0 Å². The van der Waals surface area contributed by atoms with Gasteiger partial charge in [0, 0.05) is 10.8 Å². The first-order valence-electron chi connectivity index (χ1n) is 7.42. The first-order chi connectivity index (χ1) is 10.9. The maximum absolute atomic E-state index is 4.83. The smallest absolute Gasteiger partial charge is 0.0787 e. The van der Waals surface area contributed by atoms with Crippen molar-refractivity contribution < 1.29 is 0 Å². The van der Waals surface area contributed by atoms with Crippen LogP contribution in [-0.4, -0.2) is 4.98 Å². The summed E-state index contributed by atoms with van der Waals surface area (Å²) in [6.07, 6.45) is 4.16. The molecule has 1 heteroatoms. The predicted molar refractivity (Wildman–Crippen MR) is 94.6 cm³/mol. The second kappa shape index (κ2) is 5.45. The van der Waals surface area contributed by atoms with Crippen LogP contribution in [0.2, 0.25) is 0 Å². The molecule has 1 heterocycles. The number of pyridine rings is 1. The lowest BCUT2D eigenvalue weighted by Gasteiger charge is -2.04. The van der Waals surface area contributed by atoms with Crippen LogP contribution in [-0.2, 0) is 0 Å². The molecule has 3 aromatic carbocycles. The molecule has 0 amide bonds. The van der Waals surface area contributed by atoms with Gasteiger partial charge in [0.25, 0.3) is 0 Å². The van der Waals surface area contributed by atoms with E-state index in [9.17, 15) is 0 Å². The van der Waals surface area contributed by atoms with Gasteiger partial charge < -0.3 is 0 Å². The van der Waals surface area contributed by atoms with Gasteiger partial charge in [0.1, 0.15) is 0 Å². The fourth-order valence-electron chi connectivity index (χ4n) is 2.71. The average Bonchev–Trinajstić information content (AvgIpc) is 2.60. The third-order valence-corrected chi connectivity index (χ3v) is 3.85. The van der Waals surface area contributed by atoms with Crippen LogP contribution in [0.15, 0.2) is 78.9 Å². The highest BCUT2D eigenvalue weighted by molar-refractivity contribution is 6.05. The molecule has 1 nitrogen and oxygen atoms in total. The molecule has 0 spiro atoms. The molecule has 4 aromatic rings. The minimum Gasteiger partial charge on any atom is -0.248 e. The molecule has 0 bridgehead atoms.